The zero-order valence-electron chi connectivity index (χ0n) is 18.0. The summed E-state index contributed by atoms with van der Waals surface area (Å²) in [7, 11) is 0. The maximum absolute atomic E-state index is 11.4. The molecule has 0 aliphatic heterocycles. The highest BCUT2D eigenvalue weighted by molar-refractivity contribution is 5.76. The summed E-state index contributed by atoms with van der Waals surface area (Å²) in [5.41, 5.74) is 11.3. The van der Waals surface area contributed by atoms with E-state index in [1.807, 2.05) is 13.8 Å². The molecule has 160 valence electrons. The second kappa shape index (κ2) is 9.55. The van der Waals surface area contributed by atoms with Crippen LogP contribution in [0.2, 0.25) is 0 Å². The number of hydrogen-bond acceptors (Lipinski definition) is 7. The first-order valence-electron chi connectivity index (χ1n) is 9.83. The number of esters is 1. The molecule has 0 unspecified atom stereocenters. The van der Waals surface area contributed by atoms with Gasteiger partial charge in [0.25, 0.3) is 0 Å². The van der Waals surface area contributed by atoms with Crippen LogP contribution in [0.5, 0.6) is 11.5 Å². The quantitative estimate of drug-likeness (QED) is 0.409. The molecular formula is C25H22N4O3. The fraction of sp³-hybridized carbons (Fsp3) is 0.160. The highest BCUT2D eigenvalue weighted by atomic mass is 16.5. The van der Waals surface area contributed by atoms with Gasteiger partial charge in [0.15, 0.2) is 0 Å². The molecule has 3 aromatic carbocycles. The third-order valence-corrected chi connectivity index (χ3v) is 4.76. The van der Waals surface area contributed by atoms with Crippen LogP contribution in [0.25, 0.3) is 0 Å². The minimum Gasteiger partial charge on any atom is -0.461 e. The van der Waals surface area contributed by atoms with Gasteiger partial charge in [0.05, 0.1) is 34.6 Å². The topological polar surface area (TPSA) is 121 Å². The first-order chi connectivity index (χ1) is 15.3. The van der Waals surface area contributed by atoms with E-state index < -0.39 is 5.97 Å². The molecule has 3 aromatic rings. The molecule has 3 N–H and O–H groups in total. The summed E-state index contributed by atoms with van der Waals surface area (Å²) in [6.07, 6.45) is 0. The predicted molar refractivity (Wildman–Crippen MR) is 121 cm³/mol. The maximum Gasteiger partial charge on any atom is 0.302 e. The van der Waals surface area contributed by atoms with E-state index in [1.54, 1.807) is 48.5 Å². The lowest BCUT2D eigenvalue weighted by molar-refractivity contribution is -0.142. The van der Waals surface area contributed by atoms with Crippen LogP contribution in [-0.4, -0.2) is 5.97 Å². The Balaban J connectivity index is 2.01. The zero-order chi connectivity index (χ0) is 23.3. The van der Waals surface area contributed by atoms with Crippen molar-refractivity contribution in [2.45, 2.75) is 27.4 Å². The third kappa shape index (κ3) is 5.16. The number of hydrogen-bond donors (Lipinski definition) is 2. The van der Waals surface area contributed by atoms with E-state index in [0.29, 0.717) is 39.6 Å². The van der Waals surface area contributed by atoms with Crippen molar-refractivity contribution in [2.75, 3.05) is 11.1 Å². The number of aryl methyl sites for hydroxylation is 2. The smallest absolute Gasteiger partial charge is 0.302 e. The zero-order valence-corrected chi connectivity index (χ0v) is 18.0. The lowest BCUT2D eigenvalue weighted by Crippen LogP contribution is -2.05. The molecule has 0 heterocycles. The molecule has 32 heavy (non-hydrogen) atoms. The van der Waals surface area contributed by atoms with E-state index in [9.17, 15) is 10.1 Å². The second-order valence-electron chi connectivity index (χ2n) is 7.29. The summed E-state index contributed by atoms with van der Waals surface area (Å²) in [6, 6.07) is 18.1. The Hall–Kier alpha value is -4.49. The van der Waals surface area contributed by atoms with Gasteiger partial charge in [-0.05, 0) is 67.4 Å². The molecule has 0 aromatic heterocycles. The number of anilines is 3. The van der Waals surface area contributed by atoms with E-state index in [-0.39, 0.29) is 6.61 Å². The van der Waals surface area contributed by atoms with Gasteiger partial charge in [-0.2, -0.15) is 10.5 Å². The Morgan fingerprint density at radius 2 is 1.62 bits per heavy atom. The molecule has 3 rings (SSSR count). The number of carbonyl (C=O) groups is 1. The van der Waals surface area contributed by atoms with Crippen LogP contribution in [0.4, 0.5) is 17.1 Å². The Morgan fingerprint density at radius 3 is 2.19 bits per heavy atom. The molecule has 0 spiro atoms. The maximum atomic E-state index is 11.4. The lowest BCUT2D eigenvalue weighted by atomic mass is 10.1. The number of nitrogens with two attached hydrogens (primary N) is 1. The van der Waals surface area contributed by atoms with Crippen LogP contribution in [0.3, 0.4) is 0 Å². The van der Waals surface area contributed by atoms with Gasteiger partial charge in [0, 0.05) is 24.2 Å². The van der Waals surface area contributed by atoms with Crippen molar-refractivity contribution < 1.29 is 14.3 Å². The van der Waals surface area contributed by atoms with E-state index in [1.165, 1.54) is 6.92 Å². The number of nitrogens with zero attached hydrogens (tertiary/aromatic N) is 2. The fourth-order valence-electron chi connectivity index (χ4n) is 3.21. The number of nitriles is 2. The van der Waals surface area contributed by atoms with Crippen molar-refractivity contribution in [3.05, 3.63) is 76.3 Å². The lowest BCUT2D eigenvalue weighted by Gasteiger charge is -2.18. The van der Waals surface area contributed by atoms with E-state index in [4.69, 9.17) is 20.5 Å². The average molecular weight is 426 g/mol. The molecule has 0 fully saturated rings. The van der Waals surface area contributed by atoms with Crippen LogP contribution in [0, 0.1) is 36.5 Å². The number of carbonyl (C=O) groups excluding carboxylic acids is 1. The molecule has 0 bridgehead atoms. The van der Waals surface area contributed by atoms with Crippen LogP contribution < -0.4 is 15.8 Å². The third-order valence-electron chi connectivity index (χ3n) is 4.76. The molecule has 0 radical (unpaired) electrons. The highest BCUT2D eigenvalue weighted by Gasteiger charge is 2.15. The van der Waals surface area contributed by atoms with E-state index in [2.05, 4.69) is 17.5 Å². The Kier molecular flexibility index (Phi) is 6.62. The van der Waals surface area contributed by atoms with Crippen molar-refractivity contribution in [1.29, 1.82) is 10.5 Å². The predicted octanol–water partition coefficient (Wildman–Crippen LogP) is 5.23. The fourth-order valence-corrected chi connectivity index (χ4v) is 3.21. The largest absolute Gasteiger partial charge is 0.461 e. The van der Waals surface area contributed by atoms with Crippen molar-refractivity contribution in [1.82, 2.24) is 0 Å². The van der Waals surface area contributed by atoms with Gasteiger partial charge in [0.1, 0.15) is 18.1 Å². The normalized spacial score (nSPS) is 10.0. The van der Waals surface area contributed by atoms with Gasteiger partial charge in [-0.15, -0.1) is 0 Å². The molecule has 0 saturated heterocycles. The molecular weight excluding hydrogens is 404 g/mol. The molecule has 7 heteroatoms. The first-order valence-corrected chi connectivity index (χ1v) is 9.83. The van der Waals surface area contributed by atoms with Crippen LogP contribution in [0.15, 0.2) is 48.5 Å². The van der Waals surface area contributed by atoms with E-state index >= 15 is 0 Å². The molecule has 7 nitrogen and oxygen atoms in total. The Labute approximate surface area is 186 Å². The number of benzene rings is 3. The van der Waals surface area contributed by atoms with Gasteiger partial charge in [0.2, 0.25) is 0 Å². The summed E-state index contributed by atoms with van der Waals surface area (Å²) >= 11 is 0. The van der Waals surface area contributed by atoms with Gasteiger partial charge < -0.3 is 20.5 Å². The number of ether oxygens (including phenoxy) is 2. The van der Waals surface area contributed by atoms with Crippen LogP contribution in [-0.2, 0) is 16.1 Å². The highest BCUT2D eigenvalue weighted by Crippen LogP contribution is 2.37. The molecule has 0 aliphatic carbocycles. The second-order valence-corrected chi connectivity index (χ2v) is 7.29. The molecule has 0 atom stereocenters. The minimum atomic E-state index is -0.417. The molecule has 0 saturated carbocycles. The van der Waals surface area contributed by atoms with Gasteiger partial charge in [-0.25, -0.2) is 0 Å². The monoisotopic (exact) mass is 426 g/mol. The van der Waals surface area contributed by atoms with Gasteiger partial charge >= 0.3 is 5.97 Å². The molecule has 0 aliphatic rings. The summed E-state index contributed by atoms with van der Waals surface area (Å²) in [5.74, 6) is 0.662. The van der Waals surface area contributed by atoms with Crippen LogP contribution >= 0.6 is 0 Å². The van der Waals surface area contributed by atoms with Crippen LogP contribution in [0.1, 0.15) is 34.7 Å². The SMILES string of the molecule is CC(=O)OCc1cc(N)c(Nc2ccc(C#N)cc2)cc1Oc1c(C)cc(C#N)cc1C. The number of nitrogen functional groups attached to an aromatic ring is 1. The summed E-state index contributed by atoms with van der Waals surface area (Å²) in [4.78, 5) is 11.4. The summed E-state index contributed by atoms with van der Waals surface area (Å²) < 4.78 is 11.4. The van der Waals surface area contributed by atoms with Gasteiger partial charge in [-0.3, -0.25) is 4.79 Å². The van der Waals surface area contributed by atoms with Crippen molar-refractivity contribution in [3.8, 4) is 23.6 Å². The standard InChI is InChI=1S/C25H22N4O3/c1-15-8-19(13-27)9-16(2)25(15)32-24-11-23(22(28)10-20(24)14-31-17(3)30)29-21-6-4-18(12-26)5-7-21/h4-11,29H,14,28H2,1-3H3. The first kappa shape index (κ1) is 22.2. The summed E-state index contributed by atoms with van der Waals surface area (Å²) in [6.45, 7) is 5.06. The van der Waals surface area contributed by atoms with Crippen molar-refractivity contribution in [3.63, 3.8) is 0 Å². The van der Waals surface area contributed by atoms with Crippen molar-refractivity contribution >= 4 is 23.0 Å². The summed E-state index contributed by atoms with van der Waals surface area (Å²) in [5, 5.41) is 21.4. The Bertz CT molecular complexity index is 1230. The van der Waals surface area contributed by atoms with Crippen molar-refractivity contribution in [2.24, 2.45) is 0 Å². The Morgan fingerprint density at radius 1 is 1.00 bits per heavy atom. The average Bonchev–Trinajstić information content (AvgIpc) is 2.77. The van der Waals surface area contributed by atoms with E-state index in [0.717, 1.165) is 16.8 Å². The van der Waals surface area contributed by atoms with Gasteiger partial charge in [-0.1, -0.05) is 0 Å². The minimum absolute atomic E-state index is 0.000384. The number of rotatable bonds is 6. The number of nitrogens with one attached hydrogen (secondary N) is 1. The molecule has 0 amide bonds.